The number of nitrogens with zero attached hydrogens (tertiary/aromatic N) is 3. The highest BCUT2D eigenvalue weighted by Gasteiger charge is 2.19. The number of unbranched alkanes of at least 4 members (excludes halogenated alkanes) is 1. The molecular formula is C28H38N5O5+. The average Bonchev–Trinajstić information content (AvgIpc) is 2.95. The predicted molar refractivity (Wildman–Crippen MR) is 148 cm³/mol. The molecule has 0 bridgehead atoms. The normalized spacial score (nSPS) is 17.6. The second-order valence-electron chi connectivity index (χ2n) is 9.50. The first-order valence-electron chi connectivity index (χ1n) is 13.4. The number of morpholine rings is 2. The summed E-state index contributed by atoms with van der Waals surface area (Å²) in [4.78, 5) is 28.6. The second kappa shape index (κ2) is 14.0. The van der Waals surface area contributed by atoms with Crippen LogP contribution in [-0.4, -0.2) is 81.4 Å². The maximum atomic E-state index is 13.2. The van der Waals surface area contributed by atoms with Crippen molar-refractivity contribution in [2.24, 2.45) is 0 Å². The summed E-state index contributed by atoms with van der Waals surface area (Å²) in [5.41, 5.74) is 1.75. The number of nitrogens with two attached hydrogens (primary N) is 1. The largest absolute Gasteiger partial charge is 0.379 e. The molecule has 0 aromatic heterocycles. The number of non-ortho nitro benzene ring substituents is 1. The molecule has 0 saturated carbocycles. The summed E-state index contributed by atoms with van der Waals surface area (Å²) in [5, 5.41) is 18.6. The third-order valence-electron chi connectivity index (χ3n) is 6.79. The van der Waals surface area contributed by atoms with Crippen LogP contribution in [-0.2, 0) is 9.47 Å². The Bertz CT molecular complexity index is 1220. The van der Waals surface area contributed by atoms with E-state index in [0.717, 1.165) is 81.4 Å². The Kier molecular flexibility index (Phi) is 10.2. The Morgan fingerprint density at radius 1 is 1.08 bits per heavy atom. The molecule has 0 spiro atoms. The molecule has 10 nitrogen and oxygen atoms in total. The zero-order chi connectivity index (χ0) is 26.7. The fraction of sp³-hybridized carbons (Fsp3) is 0.464. The molecule has 204 valence electrons. The minimum Gasteiger partial charge on any atom is -0.379 e. The fourth-order valence-corrected chi connectivity index (χ4v) is 4.66. The number of rotatable bonds is 10. The number of hydrogen-bond acceptors (Lipinski definition) is 7. The van der Waals surface area contributed by atoms with Crippen LogP contribution < -0.4 is 26.0 Å². The Balaban J connectivity index is 1.64. The summed E-state index contributed by atoms with van der Waals surface area (Å²) in [7, 11) is 0. The number of nitrogens with one attached hydrogen (secondary N) is 1. The molecular weight excluding hydrogens is 486 g/mol. The van der Waals surface area contributed by atoms with Gasteiger partial charge in [-0.2, -0.15) is 0 Å². The number of quaternary nitrogens is 1. The van der Waals surface area contributed by atoms with Crippen LogP contribution in [0.5, 0.6) is 0 Å². The van der Waals surface area contributed by atoms with Gasteiger partial charge in [0, 0.05) is 55.6 Å². The lowest BCUT2D eigenvalue weighted by molar-refractivity contribution is -0.553. The lowest BCUT2D eigenvalue weighted by atomic mass is 10.1. The van der Waals surface area contributed by atoms with Gasteiger partial charge in [-0.1, -0.05) is 25.5 Å². The SMILES string of the molecule is CCC/C=c1\cc(N2CCOCC2)c(NC(=O)c2cccc([N+](=O)[O-])c2)c\c1=C\[NH2+]CCN1CCOCC1. The monoisotopic (exact) mass is 524 g/mol. The van der Waals surface area contributed by atoms with Gasteiger partial charge in [0.05, 0.1) is 49.3 Å². The maximum absolute atomic E-state index is 13.2. The molecule has 0 radical (unpaired) electrons. The van der Waals surface area contributed by atoms with E-state index in [1.54, 1.807) is 6.07 Å². The highest BCUT2D eigenvalue weighted by molar-refractivity contribution is 6.06. The molecule has 2 aromatic rings. The quantitative estimate of drug-likeness (QED) is 0.270. The van der Waals surface area contributed by atoms with Gasteiger partial charge in [0.2, 0.25) is 0 Å². The predicted octanol–water partition coefficient (Wildman–Crippen LogP) is 0.898. The molecule has 1 amide bonds. The number of nitro benzene ring substituents is 1. The van der Waals surface area contributed by atoms with Gasteiger partial charge in [-0.25, -0.2) is 0 Å². The van der Waals surface area contributed by atoms with Crippen molar-refractivity contribution in [2.75, 3.05) is 75.9 Å². The Labute approximate surface area is 223 Å². The molecule has 2 saturated heterocycles. The topological polar surface area (TPSA) is 114 Å². The molecule has 38 heavy (non-hydrogen) atoms. The van der Waals surface area contributed by atoms with Gasteiger partial charge >= 0.3 is 0 Å². The third-order valence-corrected chi connectivity index (χ3v) is 6.79. The fourth-order valence-electron chi connectivity index (χ4n) is 4.66. The number of hydrogen-bond donors (Lipinski definition) is 2. The van der Waals surface area contributed by atoms with E-state index in [-0.39, 0.29) is 17.2 Å². The number of carbonyl (C=O) groups is 1. The summed E-state index contributed by atoms with van der Waals surface area (Å²) >= 11 is 0. The Morgan fingerprint density at radius 3 is 2.53 bits per heavy atom. The van der Waals surface area contributed by atoms with E-state index >= 15 is 0 Å². The van der Waals surface area contributed by atoms with Crippen molar-refractivity contribution in [1.29, 1.82) is 0 Å². The lowest BCUT2D eigenvalue weighted by Crippen LogP contribution is -2.80. The zero-order valence-corrected chi connectivity index (χ0v) is 22.1. The Morgan fingerprint density at radius 2 is 1.82 bits per heavy atom. The van der Waals surface area contributed by atoms with Crippen LogP contribution in [0.4, 0.5) is 17.1 Å². The lowest BCUT2D eigenvalue weighted by Gasteiger charge is -2.30. The van der Waals surface area contributed by atoms with Crippen LogP contribution in [0.25, 0.3) is 12.3 Å². The van der Waals surface area contributed by atoms with Crippen molar-refractivity contribution in [3.8, 4) is 0 Å². The first-order chi connectivity index (χ1) is 18.5. The molecule has 2 aliphatic heterocycles. The third kappa shape index (κ3) is 7.61. The molecule has 2 aromatic carbocycles. The van der Waals surface area contributed by atoms with Gasteiger partial charge < -0.3 is 25.0 Å². The molecule has 2 heterocycles. The molecule has 10 heteroatoms. The van der Waals surface area contributed by atoms with E-state index < -0.39 is 4.92 Å². The highest BCUT2D eigenvalue weighted by Crippen LogP contribution is 2.25. The number of carbonyl (C=O) groups excluding carboxylic acids is 1. The average molecular weight is 525 g/mol. The van der Waals surface area contributed by atoms with E-state index in [2.05, 4.69) is 45.7 Å². The molecule has 2 aliphatic rings. The highest BCUT2D eigenvalue weighted by atomic mass is 16.6. The summed E-state index contributed by atoms with van der Waals surface area (Å²) < 4.78 is 11.0. The summed E-state index contributed by atoms with van der Waals surface area (Å²) in [5.74, 6) is -0.379. The molecule has 0 atom stereocenters. The van der Waals surface area contributed by atoms with Crippen LogP contribution in [0, 0.1) is 10.1 Å². The van der Waals surface area contributed by atoms with Crippen LogP contribution in [0.2, 0.25) is 0 Å². The minimum absolute atomic E-state index is 0.112. The van der Waals surface area contributed by atoms with Gasteiger partial charge in [0.15, 0.2) is 0 Å². The molecule has 2 fully saturated rings. The first-order valence-corrected chi connectivity index (χ1v) is 13.4. The van der Waals surface area contributed by atoms with Crippen LogP contribution in [0.1, 0.15) is 30.1 Å². The molecule has 0 aliphatic carbocycles. The van der Waals surface area contributed by atoms with Gasteiger partial charge in [0.25, 0.3) is 11.6 Å². The standard InChI is InChI=1S/C28H37N5O5/c1-2-3-5-22-20-27(32-12-16-38-17-13-32)26(30-28(34)23-6-4-7-25(18-23)33(35)36)19-24(22)21-29-8-9-31-10-14-37-15-11-31/h4-7,18-21,29H,2-3,8-17H2,1H3,(H,30,34)/p+1/b22-5+,24-21-. The van der Waals surface area contributed by atoms with Crippen molar-refractivity contribution < 1.29 is 24.5 Å². The number of amides is 1. The van der Waals surface area contributed by atoms with Crippen molar-refractivity contribution in [3.05, 3.63) is 62.5 Å². The first kappa shape index (κ1) is 27.7. The maximum Gasteiger partial charge on any atom is 0.270 e. The molecule has 0 unspecified atom stereocenters. The van der Waals surface area contributed by atoms with E-state index in [9.17, 15) is 14.9 Å². The van der Waals surface area contributed by atoms with Crippen molar-refractivity contribution >= 4 is 35.2 Å². The summed E-state index contributed by atoms with van der Waals surface area (Å²) in [6.07, 6.45) is 6.38. The number of ether oxygens (including phenoxy) is 2. The van der Waals surface area contributed by atoms with Gasteiger partial charge in [0.1, 0.15) is 6.20 Å². The molecule has 4 rings (SSSR count). The van der Waals surface area contributed by atoms with Gasteiger partial charge in [-0.3, -0.25) is 19.8 Å². The van der Waals surface area contributed by atoms with Crippen LogP contribution in [0.3, 0.4) is 0 Å². The number of benzene rings is 2. The van der Waals surface area contributed by atoms with Gasteiger partial charge in [-0.05, 0) is 29.8 Å². The number of anilines is 2. The minimum atomic E-state index is -0.492. The summed E-state index contributed by atoms with van der Waals surface area (Å²) in [6, 6.07) is 9.97. The van der Waals surface area contributed by atoms with E-state index in [1.165, 1.54) is 18.2 Å². The van der Waals surface area contributed by atoms with Crippen molar-refractivity contribution in [1.82, 2.24) is 4.90 Å². The molecule has 3 N–H and O–H groups in total. The van der Waals surface area contributed by atoms with E-state index in [0.29, 0.717) is 18.9 Å². The van der Waals surface area contributed by atoms with E-state index in [1.807, 2.05) is 6.07 Å². The van der Waals surface area contributed by atoms with E-state index in [4.69, 9.17) is 9.47 Å². The Hall–Kier alpha value is -3.31. The smallest absolute Gasteiger partial charge is 0.270 e. The number of nitro groups is 1. The van der Waals surface area contributed by atoms with Crippen molar-refractivity contribution in [3.63, 3.8) is 0 Å². The van der Waals surface area contributed by atoms with Crippen LogP contribution in [0.15, 0.2) is 36.4 Å². The van der Waals surface area contributed by atoms with Crippen molar-refractivity contribution in [2.45, 2.75) is 19.8 Å². The second-order valence-corrected chi connectivity index (χ2v) is 9.50. The van der Waals surface area contributed by atoms with Gasteiger partial charge in [-0.15, -0.1) is 0 Å². The summed E-state index contributed by atoms with van der Waals surface area (Å²) in [6.45, 7) is 10.3. The zero-order valence-electron chi connectivity index (χ0n) is 22.1. The van der Waals surface area contributed by atoms with Crippen LogP contribution >= 0.6 is 0 Å².